The minimum absolute atomic E-state index is 0.0229. The number of halogens is 1. The van der Waals surface area contributed by atoms with Crippen molar-refractivity contribution in [3.8, 4) is 0 Å². The van der Waals surface area contributed by atoms with Gasteiger partial charge in [0.25, 0.3) is 0 Å². The molecule has 9 nitrogen and oxygen atoms in total. The number of aryl methyl sites for hydroxylation is 1. The van der Waals surface area contributed by atoms with Gasteiger partial charge in [-0.1, -0.05) is 11.6 Å². The first-order valence-electron chi connectivity index (χ1n) is 12.0. The van der Waals surface area contributed by atoms with E-state index in [9.17, 15) is 18.0 Å². The van der Waals surface area contributed by atoms with E-state index in [-0.39, 0.29) is 41.7 Å². The van der Waals surface area contributed by atoms with Crippen molar-refractivity contribution in [3.05, 3.63) is 40.7 Å². The third-order valence-corrected chi connectivity index (χ3v) is 9.36. The van der Waals surface area contributed by atoms with Crippen LogP contribution in [0.3, 0.4) is 0 Å². The van der Waals surface area contributed by atoms with Gasteiger partial charge < -0.3 is 14.7 Å². The second kappa shape index (κ2) is 9.13. The molecular weight excluding hydrogens is 490 g/mol. The Kier molecular flexibility index (Phi) is 6.29. The van der Waals surface area contributed by atoms with E-state index < -0.39 is 9.84 Å². The first kappa shape index (κ1) is 24.1. The summed E-state index contributed by atoms with van der Waals surface area (Å²) in [6.07, 6.45) is 0.816. The normalized spacial score (nSPS) is 24.4. The molecule has 0 saturated carbocycles. The Labute approximate surface area is 210 Å². The zero-order valence-corrected chi connectivity index (χ0v) is 21.6. The topological polar surface area (TPSA) is 95.8 Å². The van der Waals surface area contributed by atoms with Crippen molar-refractivity contribution >= 4 is 44.6 Å². The van der Waals surface area contributed by atoms with E-state index in [2.05, 4.69) is 10.00 Å². The molecule has 0 bridgehead atoms. The van der Waals surface area contributed by atoms with Crippen LogP contribution in [0, 0.1) is 19.8 Å². The molecule has 1 aromatic carbocycles. The van der Waals surface area contributed by atoms with Crippen LogP contribution >= 0.6 is 11.6 Å². The molecule has 35 heavy (non-hydrogen) atoms. The van der Waals surface area contributed by atoms with Crippen LogP contribution in [0.1, 0.15) is 30.3 Å². The van der Waals surface area contributed by atoms with E-state index in [0.717, 1.165) is 22.8 Å². The fraction of sp³-hybridized carbons (Fsp3) is 0.542. The smallest absolute Gasteiger partial charge is 0.228 e. The maximum Gasteiger partial charge on any atom is 0.228 e. The molecule has 2 aromatic rings. The van der Waals surface area contributed by atoms with Gasteiger partial charge in [-0.25, -0.2) is 8.42 Å². The highest BCUT2D eigenvalue weighted by Gasteiger charge is 2.38. The SMILES string of the molecule is Cc1nn(C2CCS(=O)(=O)C2)c(C)c1N1CCN(C(=O)C2CC(=O)N(c3ccc(Cl)cc3)C2)CC1. The lowest BCUT2D eigenvalue weighted by molar-refractivity contribution is -0.136. The monoisotopic (exact) mass is 519 g/mol. The molecule has 2 unspecified atom stereocenters. The second-order valence-electron chi connectivity index (χ2n) is 9.71. The van der Waals surface area contributed by atoms with Crippen molar-refractivity contribution in [1.29, 1.82) is 0 Å². The predicted molar refractivity (Wildman–Crippen MR) is 135 cm³/mol. The number of piperazine rings is 1. The van der Waals surface area contributed by atoms with Gasteiger partial charge in [0.15, 0.2) is 9.84 Å². The third-order valence-electron chi connectivity index (χ3n) is 7.36. The molecule has 5 rings (SSSR count). The van der Waals surface area contributed by atoms with Gasteiger partial charge in [-0.3, -0.25) is 14.3 Å². The molecule has 2 atom stereocenters. The maximum absolute atomic E-state index is 13.2. The number of hydrogen-bond donors (Lipinski definition) is 0. The van der Waals surface area contributed by atoms with Crippen LogP contribution in [-0.2, 0) is 19.4 Å². The van der Waals surface area contributed by atoms with E-state index in [1.165, 1.54) is 0 Å². The summed E-state index contributed by atoms with van der Waals surface area (Å²) in [6, 6.07) is 6.99. The van der Waals surface area contributed by atoms with E-state index in [4.69, 9.17) is 11.6 Å². The number of carbonyl (C=O) groups is 2. The van der Waals surface area contributed by atoms with Gasteiger partial charge in [-0.15, -0.1) is 0 Å². The highest BCUT2D eigenvalue weighted by atomic mass is 35.5. The van der Waals surface area contributed by atoms with Gasteiger partial charge in [0.2, 0.25) is 11.8 Å². The summed E-state index contributed by atoms with van der Waals surface area (Å²) < 4.78 is 25.8. The molecule has 0 radical (unpaired) electrons. The summed E-state index contributed by atoms with van der Waals surface area (Å²) in [4.78, 5) is 31.6. The Morgan fingerprint density at radius 2 is 1.77 bits per heavy atom. The Morgan fingerprint density at radius 1 is 1.09 bits per heavy atom. The zero-order chi connectivity index (χ0) is 24.9. The van der Waals surface area contributed by atoms with Crippen molar-refractivity contribution in [2.24, 2.45) is 5.92 Å². The van der Waals surface area contributed by atoms with Gasteiger partial charge in [0.1, 0.15) is 0 Å². The lowest BCUT2D eigenvalue weighted by Gasteiger charge is -2.37. The molecule has 1 aromatic heterocycles. The van der Waals surface area contributed by atoms with Gasteiger partial charge in [-0.05, 0) is 44.5 Å². The number of sulfone groups is 1. The number of anilines is 2. The van der Waals surface area contributed by atoms with Gasteiger partial charge in [0.05, 0.1) is 40.5 Å². The van der Waals surface area contributed by atoms with E-state index in [0.29, 0.717) is 44.2 Å². The van der Waals surface area contributed by atoms with E-state index >= 15 is 0 Å². The molecule has 3 aliphatic rings. The zero-order valence-electron chi connectivity index (χ0n) is 20.0. The van der Waals surface area contributed by atoms with Crippen LogP contribution in [0.15, 0.2) is 24.3 Å². The summed E-state index contributed by atoms with van der Waals surface area (Å²) in [5.41, 5.74) is 3.65. The van der Waals surface area contributed by atoms with Crippen molar-refractivity contribution in [1.82, 2.24) is 14.7 Å². The van der Waals surface area contributed by atoms with Gasteiger partial charge in [0, 0.05) is 49.9 Å². The molecule has 3 saturated heterocycles. The Bertz CT molecular complexity index is 1250. The summed E-state index contributed by atoms with van der Waals surface area (Å²) in [7, 11) is -2.99. The Hall–Kier alpha value is -2.59. The maximum atomic E-state index is 13.2. The van der Waals surface area contributed by atoms with Crippen LogP contribution in [0.4, 0.5) is 11.4 Å². The number of carbonyl (C=O) groups excluding carboxylic acids is 2. The molecule has 0 aliphatic carbocycles. The van der Waals surface area contributed by atoms with Crippen LogP contribution in [-0.4, -0.2) is 79.1 Å². The molecule has 4 heterocycles. The average molecular weight is 520 g/mol. The van der Waals surface area contributed by atoms with Crippen molar-refractivity contribution in [3.63, 3.8) is 0 Å². The summed E-state index contributed by atoms with van der Waals surface area (Å²) in [6.45, 7) is 6.82. The summed E-state index contributed by atoms with van der Waals surface area (Å²) >= 11 is 5.96. The highest BCUT2D eigenvalue weighted by Crippen LogP contribution is 2.32. The average Bonchev–Trinajstić information content (AvgIpc) is 3.48. The van der Waals surface area contributed by atoms with Crippen molar-refractivity contribution < 1.29 is 18.0 Å². The largest absolute Gasteiger partial charge is 0.365 e. The van der Waals surface area contributed by atoms with Crippen LogP contribution in [0.5, 0.6) is 0 Å². The lowest BCUT2D eigenvalue weighted by atomic mass is 10.1. The number of hydrogen-bond acceptors (Lipinski definition) is 6. The van der Waals surface area contributed by atoms with Crippen LogP contribution < -0.4 is 9.80 Å². The molecule has 0 spiro atoms. The van der Waals surface area contributed by atoms with Gasteiger partial charge in [-0.2, -0.15) is 5.10 Å². The highest BCUT2D eigenvalue weighted by molar-refractivity contribution is 7.91. The molecule has 0 N–H and O–H groups in total. The van der Waals surface area contributed by atoms with Crippen molar-refractivity contribution in [2.45, 2.75) is 32.7 Å². The number of benzene rings is 1. The molecule has 3 fully saturated rings. The first-order valence-corrected chi connectivity index (χ1v) is 14.2. The predicted octanol–water partition coefficient (Wildman–Crippen LogP) is 2.21. The van der Waals surface area contributed by atoms with E-state index in [1.54, 1.807) is 29.2 Å². The van der Waals surface area contributed by atoms with Gasteiger partial charge >= 0.3 is 0 Å². The third kappa shape index (κ3) is 4.65. The quantitative estimate of drug-likeness (QED) is 0.614. The number of aromatic nitrogens is 2. The standard InChI is InChI=1S/C24H30ClN5O4S/c1-16-23(17(2)30(26-16)21-7-12-35(33,34)15-21)27-8-10-28(11-9-27)24(32)18-13-22(31)29(14-18)20-5-3-19(25)4-6-20/h3-6,18,21H,7-15H2,1-2H3. The number of rotatable bonds is 4. The minimum atomic E-state index is -2.99. The lowest BCUT2D eigenvalue weighted by Crippen LogP contribution is -2.51. The fourth-order valence-electron chi connectivity index (χ4n) is 5.59. The van der Waals surface area contributed by atoms with Crippen molar-refractivity contribution in [2.75, 3.05) is 54.0 Å². The molecule has 188 valence electrons. The summed E-state index contributed by atoms with van der Waals surface area (Å²) in [5, 5.41) is 5.29. The Morgan fingerprint density at radius 3 is 2.40 bits per heavy atom. The number of amides is 2. The molecular formula is C24H30ClN5O4S. The van der Waals surface area contributed by atoms with Crippen LogP contribution in [0.2, 0.25) is 5.02 Å². The van der Waals surface area contributed by atoms with Crippen LogP contribution in [0.25, 0.3) is 0 Å². The molecule has 11 heteroatoms. The second-order valence-corrected chi connectivity index (χ2v) is 12.4. The van der Waals surface area contributed by atoms with E-state index in [1.807, 2.05) is 23.4 Å². The fourth-order valence-corrected chi connectivity index (χ4v) is 7.41. The first-order chi connectivity index (χ1) is 16.6. The molecule has 3 aliphatic heterocycles. The number of nitrogens with zero attached hydrogens (tertiary/aromatic N) is 5. The minimum Gasteiger partial charge on any atom is -0.365 e. The summed E-state index contributed by atoms with van der Waals surface area (Å²) in [5.74, 6) is -0.0124. The Balaban J connectivity index is 1.22. The molecule has 2 amide bonds.